The highest BCUT2D eigenvalue weighted by Gasteiger charge is 2.21. The van der Waals surface area contributed by atoms with Gasteiger partial charge in [0.1, 0.15) is 17.1 Å². The van der Waals surface area contributed by atoms with Crippen LogP contribution < -0.4 is 9.16 Å². The van der Waals surface area contributed by atoms with Gasteiger partial charge in [-0.2, -0.15) is 0 Å². The Balaban J connectivity index is 3.15. The monoisotopic (exact) mass is 240 g/mol. The van der Waals surface area contributed by atoms with Crippen LogP contribution in [0.25, 0.3) is 0 Å². The molecule has 1 rings (SSSR count). The molecule has 0 unspecified atom stereocenters. The van der Waals surface area contributed by atoms with E-state index in [-0.39, 0.29) is 5.56 Å². The minimum absolute atomic E-state index is 0.170. The number of carboxylic acids is 1. The molecule has 0 atom stereocenters. The number of ether oxygens (including phenoxy) is 1. The van der Waals surface area contributed by atoms with Gasteiger partial charge in [0.05, 0.1) is 7.11 Å². The van der Waals surface area contributed by atoms with Crippen molar-refractivity contribution in [2.75, 3.05) is 7.11 Å². The summed E-state index contributed by atoms with van der Waals surface area (Å²) in [7, 11) is -0.294. The molecular formula is C11H16O4Si. The van der Waals surface area contributed by atoms with Crippen LogP contribution in [-0.4, -0.2) is 26.5 Å². The van der Waals surface area contributed by atoms with E-state index in [1.807, 2.05) is 19.6 Å². The first-order valence-corrected chi connectivity index (χ1v) is 8.34. The van der Waals surface area contributed by atoms with Gasteiger partial charge < -0.3 is 14.3 Å². The molecule has 0 aromatic heterocycles. The van der Waals surface area contributed by atoms with Crippen molar-refractivity contribution >= 4 is 14.3 Å². The molecule has 0 bridgehead atoms. The van der Waals surface area contributed by atoms with E-state index in [0.717, 1.165) is 0 Å². The zero-order valence-corrected chi connectivity index (χ0v) is 10.9. The first kappa shape index (κ1) is 12.6. The van der Waals surface area contributed by atoms with Gasteiger partial charge in [-0.1, -0.05) is 0 Å². The van der Waals surface area contributed by atoms with Gasteiger partial charge in [0.25, 0.3) is 0 Å². The van der Waals surface area contributed by atoms with E-state index in [1.54, 1.807) is 12.1 Å². The van der Waals surface area contributed by atoms with Gasteiger partial charge in [0.15, 0.2) is 0 Å². The quantitative estimate of drug-likeness (QED) is 0.822. The van der Waals surface area contributed by atoms with Gasteiger partial charge in [0, 0.05) is 6.07 Å². The molecule has 16 heavy (non-hydrogen) atoms. The lowest BCUT2D eigenvalue weighted by Crippen LogP contribution is -2.30. The van der Waals surface area contributed by atoms with Crippen LogP contribution in [0.15, 0.2) is 18.2 Å². The first-order chi connectivity index (χ1) is 7.33. The highest BCUT2D eigenvalue weighted by atomic mass is 28.4. The second kappa shape index (κ2) is 4.57. The Kier molecular flexibility index (Phi) is 3.59. The van der Waals surface area contributed by atoms with Crippen LogP contribution in [0.3, 0.4) is 0 Å². The molecule has 0 amide bonds. The zero-order chi connectivity index (χ0) is 12.3. The van der Waals surface area contributed by atoms with Gasteiger partial charge in [-0.05, 0) is 31.8 Å². The van der Waals surface area contributed by atoms with Gasteiger partial charge in [-0.25, -0.2) is 4.79 Å². The van der Waals surface area contributed by atoms with Crippen molar-refractivity contribution in [2.45, 2.75) is 19.6 Å². The molecule has 1 aromatic carbocycles. The third kappa shape index (κ3) is 3.27. The maximum atomic E-state index is 11.0. The Morgan fingerprint density at radius 1 is 1.31 bits per heavy atom. The second-order valence-corrected chi connectivity index (χ2v) is 8.81. The van der Waals surface area contributed by atoms with Crippen molar-refractivity contribution in [2.24, 2.45) is 0 Å². The molecule has 0 saturated heterocycles. The molecule has 88 valence electrons. The van der Waals surface area contributed by atoms with Crippen molar-refractivity contribution in [3.63, 3.8) is 0 Å². The van der Waals surface area contributed by atoms with Crippen molar-refractivity contribution in [3.8, 4) is 11.5 Å². The summed E-state index contributed by atoms with van der Waals surface area (Å²) in [6.07, 6.45) is 0. The Labute approximate surface area is 95.9 Å². The lowest BCUT2D eigenvalue weighted by molar-refractivity contribution is 0.0695. The summed E-state index contributed by atoms with van der Waals surface area (Å²) in [5.74, 6) is -0.0137. The van der Waals surface area contributed by atoms with Gasteiger partial charge in [0.2, 0.25) is 8.32 Å². The summed E-state index contributed by atoms with van der Waals surface area (Å²) in [5, 5.41) is 9.02. The summed E-state index contributed by atoms with van der Waals surface area (Å²) in [6.45, 7) is 5.99. The molecule has 0 heterocycles. The van der Waals surface area contributed by atoms with Crippen LogP contribution in [0.5, 0.6) is 11.5 Å². The van der Waals surface area contributed by atoms with Crippen molar-refractivity contribution < 1.29 is 19.1 Å². The third-order valence-corrected chi connectivity index (χ3v) is 2.67. The van der Waals surface area contributed by atoms with E-state index >= 15 is 0 Å². The standard InChI is InChI=1S/C11H16O4Si/c1-14-8-5-6-9(11(12)13)10(7-8)15-16(2,3)4/h5-7H,1-4H3,(H,12,13). The van der Waals surface area contributed by atoms with Gasteiger partial charge >= 0.3 is 5.97 Å². The second-order valence-electron chi connectivity index (χ2n) is 4.38. The predicted octanol–water partition coefficient (Wildman–Crippen LogP) is 2.61. The fourth-order valence-electron chi connectivity index (χ4n) is 1.22. The molecule has 1 N–H and O–H groups in total. The largest absolute Gasteiger partial charge is 0.544 e. The molecule has 4 nitrogen and oxygen atoms in total. The average Bonchev–Trinajstić information content (AvgIpc) is 2.14. The molecule has 1 aromatic rings. The van der Waals surface area contributed by atoms with Crippen LogP contribution >= 0.6 is 0 Å². The number of benzene rings is 1. The number of hydrogen-bond acceptors (Lipinski definition) is 3. The van der Waals surface area contributed by atoms with E-state index in [2.05, 4.69) is 0 Å². The van der Waals surface area contributed by atoms with Crippen molar-refractivity contribution in [1.29, 1.82) is 0 Å². The number of hydrogen-bond donors (Lipinski definition) is 1. The predicted molar refractivity (Wildman–Crippen MR) is 63.9 cm³/mol. The Morgan fingerprint density at radius 3 is 2.38 bits per heavy atom. The van der Waals surface area contributed by atoms with E-state index in [1.165, 1.54) is 13.2 Å². The molecule has 5 heteroatoms. The topological polar surface area (TPSA) is 55.8 Å². The van der Waals surface area contributed by atoms with E-state index in [9.17, 15) is 4.79 Å². The lowest BCUT2D eigenvalue weighted by Gasteiger charge is -2.21. The fourth-order valence-corrected chi connectivity index (χ4v) is 2.05. The molecule has 0 radical (unpaired) electrons. The molecular weight excluding hydrogens is 224 g/mol. The Hall–Kier alpha value is -1.49. The maximum absolute atomic E-state index is 11.0. The summed E-state index contributed by atoms with van der Waals surface area (Å²) >= 11 is 0. The summed E-state index contributed by atoms with van der Waals surface area (Å²) in [5.41, 5.74) is 0.170. The molecule has 0 fully saturated rings. The highest BCUT2D eigenvalue weighted by molar-refractivity contribution is 6.70. The van der Waals surface area contributed by atoms with E-state index < -0.39 is 14.3 Å². The number of aromatic carboxylic acids is 1. The lowest BCUT2D eigenvalue weighted by atomic mass is 10.2. The van der Waals surface area contributed by atoms with Crippen LogP contribution in [0.4, 0.5) is 0 Å². The van der Waals surface area contributed by atoms with E-state index in [0.29, 0.717) is 11.5 Å². The molecule has 0 aliphatic carbocycles. The molecule has 0 aliphatic heterocycles. The molecule has 0 aliphatic rings. The van der Waals surface area contributed by atoms with E-state index in [4.69, 9.17) is 14.3 Å². The zero-order valence-electron chi connectivity index (χ0n) is 9.90. The summed E-state index contributed by atoms with van der Waals surface area (Å²) in [4.78, 5) is 11.0. The Morgan fingerprint density at radius 2 is 1.94 bits per heavy atom. The highest BCUT2D eigenvalue weighted by Crippen LogP contribution is 2.27. The smallest absolute Gasteiger partial charge is 0.339 e. The molecule has 0 spiro atoms. The maximum Gasteiger partial charge on any atom is 0.339 e. The van der Waals surface area contributed by atoms with Gasteiger partial charge in [-0.3, -0.25) is 0 Å². The summed E-state index contributed by atoms with van der Waals surface area (Å²) in [6, 6.07) is 4.72. The fraction of sp³-hybridized carbons (Fsp3) is 0.364. The van der Waals surface area contributed by atoms with Crippen molar-refractivity contribution in [3.05, 3.63) is 23.8 Å². The number of rotatable bonds is 4. The van der Waals surface area contributed by atoms with Crippen LogP contribution in [-0.2, 0) is 0 Å². The minimum Gasteiger partial charge on any atom is -0.544 e. The Bertz CT molecular complexity index is 395. The average molecular weight is 240 g/mol. The van der Waals surface area contributed by atoms with Crippen LogP contribution in [0.1, 0.15) is 10.4 Å². The third-order valence-electron chi connectivity index (χ3n) is 1.84. The van der Waals surface area contributed by atoms with Gasteiger partial charge in [-0.15, -0.1) is 0 Å². The minimum atomic E-state index is -1.83. The SMILES string of the molecule is COc1ccc(C(=O)O)c(O[Si](C)(C)C)c1. The number of carboxylic acid groups (broad SMARTS) is 1. The normalized spacial score (nSPS) is 11.0. The molecule has 0 saturated carbocycles. The number of carbonyl (C=O) groups is 1. The summed E-state index contributed by atoms with van der Waals surface area (Å²) < 4.78 is 10.8. The first-order valence-electron chi connectivity index (χ1n) is 4.94. The number of methoxy groups -OCH3 is 1. The van der Waals surface area contributed by atoms with Crippen molar-refractivity contribution in [1.82, 2.24) is 0 Å². The van der Waals surface area contributed by atoms with Crippen LogP contribution in [0, 0.1) is 0 Å². The van der Waals surface area contributed by atoms with Crippen LogP contribution in [0.2, 0.25) is 19.6 Å².